The maximum Gasteiger partial charge on any atom is 0.335 e. The van der Waals surface area contributed by atoms with Crippen LogP contribution in [0.25, 0.3) is 16.7 Å². The molecular weight excluding hydrogens is 460 g/mol. The lowest BCUT2D eigenvalue weighted by molar-refractivity contribution is -0.156. The molecule has 3 rings (SSSR count). The molecule has 0 fully saturated rings. The van der Waals surface area contributed by atoms with E-state index in [1.165, 1.54) is 27.8 Å². The molecule has 1 unspecified atom stereocenters. The molecule has 0 amide bonds. The number of rotatable bonds is 11. The molecule has 3 aromatic rings. The molecule has 0 aromatic heterocycles. The summed E-state index contributed by atoms with van der Waals surface area (Å²) < 4.78 is 16.6. The van der Waals surface area contributed by atoms with E-state index in [0.717, 1.165) is 11.3 Å². The van der Waals surface area contributed by atoms with Gasteiger partial charge in [-0.1, -0.05) is 81.4 Å². The number of ether oxygens (including phenoxy) is 3. The molecule has 0 radical (unpaired) electrons. The van der Waals surface area contributed by atoms with Crippen molar-refractivity contribution in [1.82, 2.24) is 0 Å². The van der Waals surface area contributed by atoms with E-state index in [0.29, 0.717) is 26.2 Å². The molecule has 1 atom stereocenters. The average Bonchev–Trinajstić information content (AvgIpc) is 2.89. The van der Waals surface area contributed by atoms with Gasteiger partial charge in [-0.05, 0) is 77.8 Å². The third kappa shape index (κ3) is 8.33. The predicted molar refractivity (Wildman–Crippen MR) is 152 cm³/mol. The van der Waals surface area contributed by atoms with Crippen LogP contribution in [0.4, 0.5) is 0 Å². The predicted octanol–water partition coefficient (Wildman–Crippen LogP) is 7.64. The van der Waals surface area contributed by atoms with E-state index in [1.807, 2.05) is 31.2 Å². The number of benzene rings is 3. The summed E-state index contributed by atoms with van der Waals surface area (Å²) in [7, 11) is 0. The average molecular weight is 501 g/mol. The highest BCUT2D eigenvalue weighted by molar-refractivity contribution is 5.75. The van der Waals surface area contributed by atoms with Crippen LogP contribution in [0.5, 0.6) is 5.75 Å². The summed E-state index contributed by atoms with van der Waals surface area (Å²) in [6.07, 6.45) is 1.98. The van der Waals surface area contributed by atoms with Crippen LogP contribution in [-0.2, 0) is 26.1 Å². The van der Waals surface area contributed by atoms with Crippen molar-refractivity contribution in [3.8, 4) is 16.9 Å². The first kappa shape index (κ1) is 28.2. The first-order chi connectivity index (χ1) is 17.7. The van der Waals surface area contributed by atoms with Crippen LogP contribution in [0, 0.1) is 0 Å². The van der Waals surface area contributed by atoms with Crippen LogP contribution in [-0.4, -0.2) is 31.9 Å². The quantitative estimate of drug-likeness (QED) is 0.254. The van der Waals surface area contributed by atoms with Crippen LogP contribution < -0.4 is 4.74 Å². The minimum Gasteiger partial charge on any atom is -0.490 e. The number of carbonyl (C=O) groups is 1. The summed E-state index contributed by atoms with van der Waals surface area (Å²) in [5.41, 5.74) is 7.28. The second-order valence-corrected chi connectivity index (χ2v) is 10.1. The first-order valence-corrected chi connectivity index (χ1v) is 13.1. The van der Waals surface area contributed by atoms with Gasteiger partial charge in [0.25, 0.3) is 0 Å². The Labute approximate surface area is 222 Å². The molecule has 4 heteroatoms. The Balaban J connectivity index is 1.55. The smallest absolute Gasteiger partial charge is 0.335 e. The van der Waals surface area contributed by atoms with E-state index in [2.05, 4.69) is 82.3 Å². The number of carbonyl (C=O) groups excluding carboxylic acids is 1. The van der Waals surface area contributed by atoms with Crippen molar-refractivity contribution in [2.75, 3.05) is 19.8 Å². The highest BCUT2D eigenvalue weighted by atomic mass is 16.6. The molecule has 0 heterocycles. The van der Waals surface area contributed by atoms with Crippen LogP contribution in [0.3, 0.4) is 0 Å². The summed E-state index contributed by atoms with van der Waals surface area (Å²) in [6.45, 7) is 13.8. The molecule has 0 spiro atoms. The van der Waals surface area contributed by atoms with Crippen LogP contribution in [0.15, 0.2) is 78.9 Å². The van der Waals surface area contributed by atoms with Gasteiger partial charge in [0.15, 0.2) is 6.10 Å². The first-order valence-electron chi connectivity index (χ1n) is 13.1. The normalized spacial score (nSPS) is 12.8. The van der Waals surface area contributed by atoms with Gasteiger partial charge in [-0.2, -0.15) is 0 Å². The minimum absolute atomic E-state index is 0.158. The summed E-state index contributed by atoms with van der Waals surface area (Å²) in [4.78, 5) is 12.1. The zero-order chi connectivity index (χ0) is 26.8. The van der Waals surface area contributed by atoms with Gasteiger partial charge in [0.05, 0.1) is 6.61 Å². The van der Waals surface area contributed by atoms with Gasteiger partial charge in [0, 0.05) is 13.0 Å². The largest absolute Gasteiger partial charge is 0.490 e. The van der Waals surface area contributed by atoms with E-state index in [4.69, 9.17) is 14.2 Å². The zero-order valence-electron chi connectivity index (χ0n) is 23.0. The molecular formula is C33H40O4. The second kappa shape index (κ2) is 13.3. The summed E-state index contributed by atoms with van der Waals surface area (Å²) in [5, 5.41) is 0. The van der Waals surface area contributed by atoms with Crippen LogP contribution in [0.2, 0.25) is 0 Å². The Morgan fingerprint density at radius 3 is 1.97 bits per heavy atom. The molecule has 196 valence electrons. The fraction of sp³-hybridized carbons (Fsp3) is 0.364. The molecule has 4 nitrogen and oxygen atoms in total. The monoisotopic (exact) mass is 500 g/mol. The van der Waals surface area contributed by atoms with Gasteiger partial charge >= 0.3 is 5.97 Å². The van der Waals surface area contributed by atoms with Crippen LogP contribution in [0.1, 0.15) is 58.2 Å². The lowest BCUT2D eigenvalue weighted by Crippen LogP contribution is -2.28. The van der Waals surface area contributed by atoms with E-state index in [-0.39, 0.29) is 11.4 Å². The lowest BCUT2D eigenvalue weighted by atomic mass is 9.86. The summed E-state index contributed by atoms with van der Waals surface area (Å²) >= 11 is 0. The third-order valence-corrected chi connectivity index (χ3v) is 6.33. The van der Waals surface area contributed by atoms with Crippen molar-refractivity contribution in [1.29, 1.82) is 0 Å². The Morgan fingerprint density at radius 2 is 1.43 bits per heavy atom. The van der Waals surface area contributed by atoms with E-state index in [1.54, 1.807) is 6.92 Å². The van der Waals surface area contributed by atoms with E-state index >= 15 is 0 Å². The Morgan fingerprint density at radius 1 is 0.838 bits per heavy atom. The Kier molecular flexibility index (Phi) is 10.1. The molecule has 3 aromatic carbocycles. The lowest BCUT2D eigenvalue weighted by Gasteiger charge is -2.19. The SMILES string of the molecule is CCOC(=O)C(Cc1ccc(OCC=C(C)c2ccc(-c3ccc(C(C)(C)C)cc3)cc2)cc1)OCC. The van der Waals surface area contributed by atoms with Gasteiger partial charge in [0.2, 0.25) is 0 Å². The minimum atomic E-state index is -0.587. The van der Waals surface area contributed by atoms with Crippen molar-refractivity contribution >= 4 is 11.5 Å². The Hall–Kier alpha value is -3.37. The van der Waals surface area contributed by atoms with Gasteiger partial charge in [-0.3, -0.25) is 0 Å². The van der Waals surface area contributed by atoms with Crippen molar-refractivity contribution in [3.05, 3.63) is 95.6 Å². The fourth-order valence-electron chi connectivity index (χ4n) is 4.05. The molecule has 0 saturated carbocycles. The second-order valence-electron chi connectivity index (χ2n) is 10.1. The highest BCUT2D eigenvalue weighted by Gasteiger charge is 2.20. The molecule has 0 saturated heterocycles. The Bertz CT molecular complexity index is 1150. The topological polar surface area (TPSA) is 44.8 Å². The van der Waals surface area contributed by atoms with E-state index in [9.17, 15) is 4.79 Å². The fourth-order valence-corrected chi connectivity index (χ4v) is 4.05. The summed E-state index contributed by atoms with van der Waals surface area (Å²) in [6, 6.07) is 25.3. The third-order valence-electron chi connectivity index (χ3n) is 6.33. The number of esters is 1. The molecule has 0 N–H and O–H groups in total. The number of hydrogen-bond acceptors (Lipinski definition) is 4. The number of hydrogen-bond donors (Lipinski definition) is 0. The molecule has 0 aliphatic rings. The van der Waals surface area contributed by atoms with Crippen molar-refractivity contribution in [3.63, 3.8) is 0 Å². The van der Waals surface area contributed by atoms with Crippen molar-refractivity contribution < 1.29 is 19.0 Å². The highest BCUT2D eigenvalue weighted by Crippen LogP contribution is 2.27. The number of allylic oxidation sites excluding steroid dienone is 1. The van der Waals surface area contributed by atoms with Crippen molar-refractivity contribution in [2.24, 2.45) is 0 Å². The van der Waals surface area contributed by atoms with Gasteiger partial charge in [0.1, 0.15) is 12.4 Å². The zero-order valence-corrected chi connectivity index (χ0v) is 23.0. The summed E-state index contributed by atoms with van der Waals surface area (Å²) in [5.74, 6) is 0.461. The standard InChI is InChI=1S/C33H40O4/c1-7-35-31(32(34)36-8-2)23-25-9-19-30(20-10-25)37-22-21-24(3)26-11-13-27(14-12-26)28-15-17-29(18-16-28)33(4,5)6/h9-21,31H,7-8,22-23H2,1-6H3. The molecule has 0 aliphatic carbocycles. The molecule has 0 aliphatic heterocycles. The van der Waals surface area contributed by atoms with E-state index < -0.39 is 6.10 Å². The molecule has 37 heavy (non-hydrogen) atoms. The molecule has 0 bridgehead atoms. The van der Waals surface area contributed by atoms with Gasteiger partial charge in [-0.15, -0.1) is 0 Å². The maximum atomic E-state index is 12.1. The maximum absolute atomic E-state index is 12.1. The van der Waals surface area contributed by atoms with Crippen molar-refractivity contribution in [2.45, 2.75) is 59.5 Å². The van der Waals surface area contributed by atoms with Crippen LogP contribution >= 0.6 is 0 Å². The van der Waals surface area contributed by atoms with Gasteiger partial charge in [-0.25, -0.2) is 4.79 Å². The van der Waals surface area contributed by atoms with Gasteiger partial charge < -0.3 is 14.2 Å².